The number of hydrogen-bond acceptors (Lipinski definition) is 10. The second kappa shape index (κ2) is 7.85. The summed E-state index contributed by atoms with van der Waals surface area (Å²) in [6.07, 6.45) is 1.65. The number of nitrogens with zero attached hydrogens (tertiary/aromatic N) is 4. The Morgan fingerprint density at radius 2 is 1.37 bits per heavy atom. The fourth-order valence-corrected chi connectivity index (χ4v) is 1.95. The number of phenolic OH excluding ortho intramolecular Hbond substituents is 1. The zero-order valence-electron chi connectivity index (χ0n) is 13.5. The summed E-state index contributed by atoms with van der Waals surface area (Å²) >= 11 is 0. The highest BCUT2D eigenvalue weighted by Gasteiger charge is 2.47. The van der Waals surface area contributed by atoms with Crippen molar-refractivity contribution in [2.24, 2.45) is 0 Å². The fraction of sp³-hybridized carbons (Fsp3) is 0.231. The topological polar surface area (TPSA) is 213 Å². The van der Waals surface area contributed by atoms with E-state index in [4.69, 9.17) is 5.11 Å². The third-order valence-electron chi connectivity index (χ3n) is 3.54. The van der Waals surface area contributed by atoms with E-state index in [1.807, 2.05) is 0 Å². The van der Waals surface area contributed by atoms with Crippen LogP contribution in [0, 0.1) is 40.5 Å². The maximum Gasteiger partial charge on any atom is 0.318 e. The molecular formula is C13H12N4O10. The lowest BCUT2D eigenvalue weighted by Crippen LogP contribution is -2.39. The van der Waals surface area contributed by atoms with Crippen LogP contribution < -0.4 is 0 Å². The van der Waals surface area contributed by atoms with Gasteiger partial charge in [0.15, 0.2) is 5.76 Å². The van der Waals surface area contributed by atoms with Crippen molar-refractivity contribution in [1.82, 2.24) is 0 Å². The van der Waals surface area contributed by atoms with E-state index in [1.54, 1.807) is 0 Å². The number of nitro benzene ring substituents is 2. The molecule has 144 valence electrons. The van der Waals surface area contributed by atoms with Crippen molar-refractivity contribution in [2.75, 3.05) is 0 Å². The molecule has 1 aliphatic rings. The zero-order chi connectivity index (χ0) is 20.9. The third kappa shape index (κ3) is 4.50. The van der Waals surface area contributed by atoms with Crippen molar-refractivity contribution in [3.63, 3.8) is 0 Å². The Morgan fingerprint density at radius 1 is 0.889 bits per heavy atom. The minimum Gasteiger partial charge on any atom is -0.505 e. The first kappa shape index (κ1) is 20.9. The highest BCUT2D eigenvalue weighted by Crippen LogP contribution is 2.34. The molecule has 14 heteroatoms. The third-order valence-corrected chi connectivity index (χ3v) is 3.54. The molecule has 0 saturated heterocycles. The van der Waals surface area contributed by atoms with Crippen LogP contribution in [0.25, 0.3) is 0 Å². The summed E-state index contributed by atoms with van der Waals surface area (Å²) in [5, 5.41) is 59.7. The number of nitro groups is 4. The second-order valence-electron chi connectivity index (χ2n) is 5.33. The molecule has 14 nitrogen and oxygen atoms in total. The molecule has 2 rings (SSSR count). The number of hydrogen-bond donors (Lipinski definition) is 2. The van der Waals surface area contributed by atoms with Crippen molar-refractivity contribution >= 4 is 11.4 Å². The Hall–Kier alpha value is -4.10. The van der Waals surface area contributed by atoms with Crippen LogP contribution in [0.1, 0.15) is 13.3 Å². The lowest BCUT2D eigenvalue weighted by atomic mass is 9.90. The van der Waals surface area contributed by atoms with Gasteiger partial charge >= 0.3 is 11.4 Å². The van der Waals surface area contributed by atoms with Gasteiger partial charge in [0.05, 0.1) is 14.8 Å². The second-order valence-corrected chi connectivity index (χ2v) is 5.33. The van der Waals surface area contributed by atoms with E-state index in [1.165, 1.54) is 0 Å². The molecule has 0 aromatic heterocycles. The molecule has 0 aliphatic heterocycles. The highest BCUT2D eigenvalue weighted by atomic mass is 16.6. The van der Waals surface area contributed by atoms with Crippen LogP contribution in [0.5, 0.6) is 5.75 Å². The number of benzene rings is 1. The van der Waals surface area contributed by atoms with E-state index in [9.17, 15) is 45.6 Å². The fourth-order valence-electron chi connectivity index (χ4n) is 1.95. The van der Waals surface area contributed by atoms with Gasteiger partial charge in [-0.3, -0.25) is 40.5 Å². The quantitative estimate of drug-likeness (QED) is 0.570. The summed E-state index contributed by atoms with van der Waals surface area (Å²) in [7, 11) is 0. The number of rotatable bonds is 4. The highest BCUT2D eigenvalue weighted by molar-refractivity contribution is 5.58. The molecule has 1 unspecified atom stereocenters. The van der Waals surface area contributed by atoms with Crippen molar-refractivity contribution in [2.45, 2.75) is 18.9 Å². The molecule has 1 atom stereocenters. The molecule has 2 N–H and O–H groups in total. The molecule has 27 heavy (non-hydrogen) atoms. The molecule has 1 aromatic carbocycles. The minimum atomic E-state index is -1.78. The van der Waals surface area contributed by atoms with Gasteiger partial charge in [0.1, 0.15) is 6.42 Å². The molecule has 0 radical (unpaired) electrons. The summed E-state index contributed by atoms with van der Waals surface area (Å²) in [6.45, 7) is 1.15. The SMILES string of the molecule is CC1([N+](=O)[O-])CC([N+](=O)[O-])=CC=C1O.O=[N+]([O-])c1cccc([N+](=O)[O-])c1O. The molecule has 0 bridgehead atoms. The van der Waals surface area contributed by atoms with E-state index in [-0.39, 0.29) is 5.70 Å². The summed E-state index contributed by atoms with van der Waals surface area (Å²) < 4.78 is 0. The molecule has 0 spiro atoms. The number of aliphatic hydroxyl groups is 1. The normalized spacial score (nSPS) is 18.3. The molecule has 1 aliphatic carbocycles. The van der Waals surface area contributed by atoms with E-state index in [0.29, 0.717) is 0 Å². The Balaban J connectivity index is 0.000000271. The van der Waals surface area contributed by atoms with Gasteiger partial charge in [0.25, 0.3) is 17.0 Å². The largest absolute Gasteiger partial charge is 0.505 e. The van der Waals surface area contributed by atoms with Crippen molar-refractivity contribution in [3.8, 4) is 5.75 Å². The lowest BCUT2D eigenvalue weighted by Gasteiger charge is -2.20. The summed E-state index contributed by atoms with van der Waals surface area (Å²) in [6, 6.07) is 3.11. The first-order valence-corrected chi connectivity index (χ1v) is 6.91. The number of para-hydroxylation sites is 1. The molecule has 1 aromatic rings. The van der Waals surface area contributed by atoms with Crippen LogP contribution in [0.2, 0.25) is 0 Å². The Bertz CT molecular complexity index is 846. The van der Waals surface area contributed by atoms with E-state index in [2.05, 4.69) is 0 Å². The summed E-state index contributed by atoms with van der Waals surface area (Å²) in [4.78, 5) is 38.2. The van der Waals surface area contributed by atoms with E-state index < -0.39 is 54.5 Å². The van der Waals surface area contributed by atoms with Gasteiger partial charge in [-0.1, -0.05) is 0 Å². The summed E-state index contributed by atoms with van der Waals surface area (Å²) in [5.74, 6) is -1.38. The van der Waals surface area contributed by atoms with Gasteiger partial charge in [-0.25, -0.2) is 0 Å². The molecule has 0 amide bonds. The van der Waals surface area contributed by atoms with Gasteiger partial charge < -0.3 is 10.2 Å². The first-order chi connectivity index (χ1) is 12.4. The van der Waals surface area contributed by atoms with E-state index in [0.717, 1.165) is 37.3 Å². The zero-order valence-corrected chi connectivity index (χ0v) is 13.5. The van der Waals surface area contributed by atoms with Crippen LogP contribution in [0.4, 0.5) is 11.4 Å². The van der Waals surface area contributed by atoms with Crippen LogP contribution in [-0.2, 0) is 0 Å². The number of allylic oxidation sites excluding steroid dienone is 2. The smallest absolute Gasteiger partial charge is 0.318 e. The van der Waals surface area contributed by atoms with Gasteiger partial charge in [-0.2, -0.15) is 0 Å². The number of aliphatic hydroxyl groups excluding tert-OH is 1. The predicted molar refractivity (Wildman–Crippen MR) is 87.2 cm³/mol. The standard InChI is InChI=1S/C7H8N2O5.C6H4N2O5/c1-7(9(13)14)4-5(8(11)12)2-3-6(7)10;9-6-4(7(10)11)2-1-3-5(6)8(12)13/h2-3,10H,4H2,1H3;1-3,9H. The van der Waals surface area contributed by atoms with Gasteiger partial charge in [-0.05, 0) is 12.1 Å². The van der Waals surface area contributed by atoms with Crippen molar-refractivity contribution < 1.29 is 29.9 Å². The van der Waals surface area contributed by atoms with Crippen LogP contribution in [-0.4, -0.2) is 35.4 Å². The monoisotopic (exact) mass is 384 g/mol. The van der Waals surface area contributed by atoms with Crippen LogP contribution >= 0.6 is 0 Å². The van der Waals surface area contributed by atoms with Gasteiger partial charge in [0.2, 0.25) is 0 Å². The molecular weight excluding hydrogens is 372 g/mol. The average molecular weight is 384 g/mol. The van der Waals surface area contributed by atoms with Crippen molar-refractivity contribution in [3.05, 3.63) is 82.3 Å². The van der Waals surface area contributed by atoms with Gasteiger partial charge in [-0.15, -0.1) is 0 Å². The Kier molecular flexibility index (Phi) is 6.09. The summed E-state index contributed by atoms with van der Waals surface area (Å²) in [5.41, 5.74) is -3.40. The van der Waals surface area contributed by atoms with E-state index >= 15 is 0 Å². The van der Waals surface area contributed by atoms with Crippen LogP contribution in [0.3, 0.4) is 0 Å². The first-order valence-electron chi connectivity index (χ1n) is 6.91. The number of aromatic hydroxyl groups is 1. The molecule has 0 saturated carbocycles. The van der Waals surface area contributed by atoms with Crippen LogP contribution in [0.15, 0.2) is 41.8 Å². The predicted octanol–water partition coefficient (Wildman–Crippen LogP) is 2.24. The maximum atomic E-state index is 10.6. The Morgan fingerprint density at radius 3 is 1.74 bits per heavy atom. The Labute approximate surface area is 149 Å². The van der Waals surface area contributed by atoms with Gasteiger partial charge in [0, 0.05) is 30.1 Å². The maximum absolute atomic E-state index is 10.6. The molecule has 0 heterocycles. The van der Waals surface area contributed by atoms with Crippen molar-refractivity contribution in [1.29, 1.82) is 0 Å². The number of phenols is 1. The lowest BCUT2D eigenvalue weighted by molar-refractivity contribution is -0.564. The minimum absolute atomic E-state index is 0.276. The molecule has 0 fully saturated rings. The average Bonchev–Trinajstić information content (AvgIpc) is 2.57.